The summed E-state index contributed by atoms with van der Waals surface area (Å²) in [6, 6.07) is 10.0. The normalized spacial score (nSPS) is 17.9. The number of carbonyl (C=O) groups is 1. The molecule has 1 saturated heterocycles. The number of hydrogen-bond acceptors (Lipinski definition) is 4. The summed E-state index contributed by atoms with van der Waals surface area (Å²) in [7, 11) is 0. The molecular formula is C17H22N4OS. The Bertz CT molecular complexity index is 664. The van der Waals surface area contributed by atoms with Gasteiger partial charge in [0, 0.05) is 23.3 Å². The van der Waals surface area contributed by atoms with Crippen molar-refractivity contribution in [2.24, 2.45) is 0 Å². The molecule has 1 amide bonds. The molecule has 1 aliphatic rings. The summed E-state index contributed by atoms with van der Waals surface area (Å²) in [6.45, 7) is 4.10. The van der Waals surface area contributed by atoms with Gasteiger partial charge in [0.25, 0.3) is 5.91 Å². The first-order valence-corrected chi connectivity index (χ1v) is 9.05. The Kier molecular flexibility index (Phi) is 5.35. The van der Waals surface area contributed by atoms with Crippen LogP contribution in [0.15, 0.2) is 41.4 Å². The Morgan fingerprint density at radius 1 is 1.48 bits per heavy atom. The van der Waals surface area contributed by atoms with Gasteiger partial charge in [-0.3, -0.25) is 9.48 Å². The molecule has 1 atom stereocenters. The number of carbonyl (C=O) groups excluding carboxylic acids is 1. The Hall–Kier alpha value is -1.79. The molecule has 3 rings (SSSR count). The van der Waals surface area contributed by atoms with Crippen LogP contribution in [0.5, 0.6) is 0 Å². The number of hydrogen-bond donors (Lipinski definition) is 2. The van der Waals surface area contributed by atoms with E-state index in [0.717, 1.165) is 42.3 Å². The third-order valence-corrected chi connectivity index (χ3v) is 4.76. The molecule has 0 radical (unpaired) electrons. The van der Waals surface area contributed by atoms with Crippen LogP contribution in [0.2, 0.25) is 0 Å². The summed E-state index contributed by atoms with van der Waals surface area (Å²) in [5.41, 5.74) is 1.27. The summed E-state index contributed by atoms with van der Waals surface area (Å²) in [5, 5.41) is 10.7. The Labute approximate surface area is 140 Å². The van der Waals surface area contributed by atoms with E-state index in [1.54, 1.807) is 17.8 Å². The number of amides is 1. The van der Waals surface area contributed by atoms with E-state index >= 15 is 0 Å². The maximum absolute atomic E-state index is 12.4. The first-order chi connectivity index (χ1) is 11.3. The van der Waals surface area contributed by atoms with Crippen molar-refractivity contribution in [3.05, 3.63) is 42.2 Å². The van der Waals surface area contributed by atoms with Gasteiger partial charge in [0.2, 0.25) is 0 Å². The molecule has 2 heterocycles. The number of rotatable bonds is 5. The van der Waals surface area contributed by atoms with Gasteiger partial charge in [-0.1, -0.05) is 13.0 Å². The Morgan fingerprint density at radius 2 is 2.39 bits per heavy atom. The topological polar surface area (TPSA) is 59.0 Å². The number of nitrogens with zero attached hydrogens (tertiary/aromatic N) is 2. The third-order valence-electron chi connectivity index (χ3n) is 3.89. The summed E-state index contributed by atoms with van der Waals surface area (Å²) in [5.74, 6) is 0.850. The molecule has 0 saturated carbocycles. The van der Waals surface area contributed by atoms with Crippen LogP contribution in [0.3, 0.4) is 0 Å². The van der Waals surface area contributed by atoms with Crippen molar-refractivity contribution in [3.63, 3.8) is 0 Å². The first kappa shape index (κ1) is 16.1. The molecule has 1 aromatic heterocycles. The monoisotopic (exact) mass is 330 g/mol. The molecule has 1 unspecified atom stereocenters. The summed E-state index contributed by atoms with van der Waals surface area (Å²) in [6.07, 6.45) is 4.15. The van der Waals surface area contributed by atoms with E-state index in [2.05, 4.69) is 28.7 Å². The highest BCUT2D eigenvalue weighted by atomic mass is 32.2. The highest BCUT2D eigenvalue weighted by molar-refractivity contribution is 7.99. The number of benzene rings is 1. The van der Waals surface area contributed by atoms with Crippen molar-refractivity contribution >= 4 is 23.4 Å². The smallest absolute Gasteiger partial charge is 0.276 e. The quantitative estimate of drug-likeness (QED) is 0.827. The fourth-order valence-corrected chi connectivity index (χ4v) is 3.47. The van der Waals surface area contributed by atoms with Crippen molar-refractivity contribution in [1.82, 2.24) is 15.1 Å². The maximum Gasteiger partial charge on any atom is 0.276 e. The van der Waals surface area contributed by atoms with Crippen LogP contribution in [0.25, 0.3) is 0 Å². The molecule has 5 nitrogen and oxygen atoms in total. The molecule has 0 bridgehead atoms. The summed E-state index contributed by atoms with van der Waals surface area (Å²) >= 11 is 1.76. The van der Waals surface area contributed by atoms with E-state index in [9.17, 15) is 4.79 Å². The van der Waals surface area contributed by atoms with Gasteiger partial charge in [-0.05, 0) is 49.4 Å². The largest absolute Gasteiger partial charge is 0.321 e. The Balaban J connectivity index is 1.66. The van der Waals surface area contributed by atoms with Crippen LogP contribution in [-0.2, 0) is 0 Å². The highest BCUT2D eigenvalue weighted by Crippen LogP contribution is 2.21. The van der Waals surface area contributed by atoms with Crippen molar-refractivity contribution in [3.8, 4) is 0 Å². The van der Waals surface area contributed by atoms with E-state index in [1.807, 2.05) is 29.1 Å². The molecule has 6 heteroatoms. The van der Waals surface area contributed by atoms with Crippen molar-refractivity contribution in [2.45, 2.75) is 30.7 Å². The highest BCUT2D eigenvalue weighted by Gasteiger charge is 2.17. The zero-order valence-corrected chi connectivity index (χ0v) is 14.1. The number of thioether (sulfide) groups is 1. The number of nitrogens with one attached hydrogen (secondary N) is 2. The van der Waals surface area contributed by atoms with Gasteiger partial charge < -0.3 is 10.6 Å². The molecule has 1 aromatic carbocycles. The predicted octanol–water partition coefficient (Wildman–Crippen LogP) is 3.17. The molecule has 0 aliphatic carbocycles. The van der Waals surface area contributed by atoms with Crippen LogP contribution in [0.1, 0.15) is 36.3 Å². The van der Waals surface area contributed by atoms with Gasteiger partial charge in [-0.25, -0.2) is 0 Å². The first-order valence-electron chi connectivity index (χ1n) is 8.06. The summed E-state index contributed by atoms with van der Waals surface area (Å²) < 4.78 is 1.91. The molecule has 1 aliphatic heterocycles. The average Bonchev–Trinajstić information content (AvgIpc) is 3.06. The minimum absolute atomic E-state index is 0.161. The fourth-order valence-electron chi connectivity index (χ4n) is 2.75. The Morgan fingerprint density at radius 3 is 3.17 bits per heavy atom. The van der Waals surface area contributed by atoms with Crippen LogP contribution < -0.4 is 10.6 Å². The van der Waals surface area contributed by atoms with E-state index in [0.29, 0.717) is 11.7 Å². The van der Waals surface area contributed by atoms with Gasteiger partial charge in [0.05, 0.1) is 6.04 Å². The molecule has 2 aromatic rings. The standard InChI is InChI=1S/C17H22N4OS/c1-2-23-15-7-3-5-13(11-15)19-17(22)16-8-10-21(20-16)14-6-4-9-18-12-14/h3,5,7-8,10-11,14,18H,2,4,6,9,12H2,1H3,(H,19,22). The van der Waals surface area contributed by atoms with Gasteiger partial charge in [0.1, 0.15) is 0 Å². The van der Waals surface area contributed by atoms with E-state index < -0.39 is 0 Å². The van der Waals surface area contributed by atoms with Gasteiger partial charge in [-0.2, -0.15) is 5.10 Å². The van der Waals surface area contributed by atoms with Crippen LogP contribution in [-0.4, -0.2) is 34.5 Å². The zero-order chi connectivity index (χ0) is 16.1. The second kappa shape index (κ2) is 7.66. The average molecular weight is 330 g/mol. The number of anilines is 1. The molecule has 2 N–H and O–H groups in total. The number of piperidine rings is 1. The van der Waals surface area contributed by atoms with E-state index in [4.69, 9.17) is 0 Å². The predicted molar refractivity (Wildman–Crippen MR) is 94.2 cm³/mol. The number of aromatic nitrogens is 2. The fraction of sp³-hybridized carbons (Fsp3) is 0.412. The zero-order valence-electron chi connectivity index (χ0n) is 13.3. The lowest BCUT2D eigenvalue weighted by Gasteiger charge is -2.22. The molecular weight excluding hydrogens is 308 g/mol. The van der Waals surface area contributed by atoms with Gasteiger partial charge in [0.15, 0.2) is 5.69 Å². The third kappa shape index (κ3) is 4.14. The minimum atomic E-state index is -0.161. The maximum atomic E-state index is 12.4. The van der Waals surface area contributed by atoms with Gasteiger partial charge >= 0.3 is 0 Å². The second-order valence-electron chi connectivity index (χ2n) is 5.60. The lowest BCUT2D eigenvalue weighted by Crippen LogP contribution is -2.32. The van der Waals surface area contributed by atoms with Crippen molar-refractivity contribution in [1.29, 1.82) is 0 Å². The van der Waals surface area contributed by atoms with Crippen LogP contribution >= 0.6 is 11.8 Å². The molecule has 122 valence electrons. The molecule has 23 heavy (non-hydrogen) atoms. The van der Waals surface area contributed by atoms with E-state index in [-0.39, 0.29) is 5.91 Å². The van der Waals surface area contributed by atoms with Crippen molar-refractivity contribution < 1.29 is 4.79 Å². The lowest BCUT2D eigenvalue weighted by atomic mass is 10.1. The van der Waals surface area contributed by atoms with Crippen molar-refractivity contribution in [2.75, 3.05) is 24.2 Å². The van der Waals surface area contributed by atoms with Crippen LogP contribution in [0.4, 0.5) is 5.69 Å². The van der Waals surface area contributed by atoms with Gasteiger partial charge in [-0.15, -0.1) is 11.8 Å². The van der Waals surface area contributed by atoms with Crippen LogP contribution in [0, 0.1) is 0 Å². The molecule has 1 fully saturated rings. The summed E-state index contributed by atoms with van der Waals surface area (Å²) in [4.78, 5) is 13.5. The SMILES string of the molecule is CCSc1cccc(NC(=O)c2ccn(C3CCCNC3)n2)c1. The second-order valence-corrected chi connectivity index (χ2v) is 6.93. The lowest BCUT2D eigenvalue weighted by molar-refractivity contribution is 0.102. The molecule has 0 spiro atoms. The minimum Gasteiger partial charge on any atom is -0.321 e. The van der Waals surface area contributed by atoms with E-state index in [1.165, 1.54) is 0 Å².